The van der Waals surface area contributed by atoms with Crippen molar-refractivity contribution < 1.29 is 14.3 Å². The van der Waals surface area contributed by atoms with Crippen LogP contribution in [0.25, 0.3) is 0 Å². The number of allylic oxidation sites excluding steroid dienone is 2. The standard InChI is InChI=1S/C16H18N2O3/c1-15(2,3)21-14(20)18-8-9-7-16(9)10-4-5-17-13(10)11(19)6-12(16)18/h4-6,9,17H,7-8H2,1-3H3/t9-,16-/m0/s1. The zero-order chi connectivity index (χ0) is 15.0. The average Bonchev–Trinajstić information content (AvgIpc) is 2.76. The van der Waals surface area contributed by atoms with Crippen molar-refractivity contribution in [2.75, 3.05) is 6.54 Å². The number of nitrogens with zero attached hydrogens (tertiary/aromatic N) is 1. The zero-order valence-corrected chi connectivity index (χ0v) is 12.4. The topological polar surface area (TPSA) is 62.4 Å². The Hall–Kier alpha value is -2.04. The fourth-order valence-electron chi connectivity index (χ4n) is 3.73. The highest BCUT2D eigenvalue weighted by molar-refractivity contribution is 6.07. The summed E-state index contributed by atoms with van der Waals surface area (Å²) in [6.07, 6.45) is 4.07. The van der Waals surface area contributed by atoms with Gasteiger partial charge in [0.05, 0.1) is 5.69 Å². The Bertz CT molecular complexity index is 695. The molecule has 1 N–H and O–H groups in total. The molecule has 5 heteroatoms. The van der Waals surface area contributed by atoms with Crippen LogP contribution in [0, 0.1) is 5.92 Å². The van der Waals surface area contributed by atoms with Gasteiger partial charge in [0.2, 0.25) is 5.78 Å². The molecule has 1 saturated heterocycles. The van der Waals surface area contributed by atoms with Crippen molar-refractivity contribution in [1.82, 2.24) is 9.88 Å². The Labute approximate surface area is 123 Å². The van der Waals surface area contributed by atoms with Crippen molar-refractivity contribution >= 4 is 11.9 Å². The third-order valence-corrected chi connectivity index (χ3v) is 4.61. The molecule has 1 aromatic rings. The smallest absolute Gasteiger partial charge is 0.414 e. The number of likely N-dealkylation sites (tertiary alicyclic amines) is 1. The van der Waals surface area contributed by atoms with E-state index in [-0.39, 0.29) is 17.3 Å². The Balaban J connectivity index is 1.72. The van der Waals surface area contributed by atoms with E-state index in [0.717, 1.165) is 17.7 Å². The fourth-order valence-corrected chi connectivity index (χ4v) is 3.73. The van der Waals surface area contributed by atoms with Crippen LogP contribution in [0.5, 0.6) is 0 Å². The van der Waals surface area contributed by atoms with Gasteiger partial charge in [-0.15, -0.1) is 0 Å². The number of aromatic nitrogens is 1. The molecule has 1 aromatic heterocycles. The number of rotatable bonds is 0. The SMILES string of the molecule is CC(C)(C)OC(=O)N1C[C@@H]2C[C@]23C1=CC(=O)c1[nH]ccc13. The van der Waals surface area contributed by atoms with E-state index in [4.69, 9.17) is 4.74 Å². The second-order valence-corrected chi connectivity index (χ2v) is 7.12. The minimum absolute atomic E-state index is 0.0586. The molecule has 3 aliphatic rings. The van der Waals surface area contributed by atoms with E-state index in [2.05, 4.69) is 4.98 Å². The van der Waals surface area contributed by atoms with Crippen LogP contribution in [0.4, 0.5) is 4.79 Å². The Morgan fingerprint density at radius 2 is 2.24 bits per heavy atom. The number of hydrogen-bond acceptors (Lipinski definition) is 3. The van der Waals surface area contributed by atoms with Gasteiger partial charge >= 0.3 is 6.09 Å². The molecule has 2 aliphatic carbocycles. The summed E-state index contributed by atoms with van der Waals surface area (Å²) in [6, 6.07) is 1.97. The monoisotopic (exact) mass is 286 g/mol. The third kappa shape index (κ3) is 1.57. The quantitative estimate of drug-likeness (QED) is 0.797. The number of aromatic amines is 1. The molecule has 5 nitrogen and oxygen atoms in total. The number of H-pyrrole nitrogens is 1. The summed E-state index contributed by atoms with van der Waals surface area (Å²) in [5.41, 5.74) is 1.86. The van der Waals surface area contributed by atoms with Gasteiger partial charge in [0.15, 0.2) is 0 Å². The van der Waals surface area contributed by atoms with Crippen molar-refractivity contribution in [2.24, 2.45) is 5.92 Å². The van der Waals surface area contributed by atoms with Crippen LogP contribution in [-0.4, -0.2) is 33.9 Å². The van der Waals surface area contributed by atoms with Crippen LogP contribution >= 0.6 is 0 Å². The average molecular weight is 286 g/mol. The number of ketones is 1. The molecule has 21 heavy (non-hydrogen) atoms. The van der Waals surface area contributed by atoms with Crippen LogP contribution in [-0.2, 0) is 10.2 Å². The van der Waals surface area contributed by atoms with Gasteiger partial charge in [-0.2, -0.15) is 0 Å². The first-order valence-corrected chi connectivity index (χ1v) is 7.28. The molecule has 2 atom stereocenters. The van der Waals surface area contributed by atoms with E-state index in [9.17, 15) is 9.59 Å². The summed E-state index contributed by atoms with van der Waals surface area (Å²) < 4.78 is 5.47. The molecule has 2 heterocycles. The second-order valence-electron chi connectivity index (χ2n) is 7.12. The molecule has 1 saturated carbocycles. The van der Waals surface area contributed by atoms with Gasteiger partial charge in [-0.1, -0.05) is 0 Å². The molecule has 0 bridgehead atoms. The molecule has 110 valence electrons. The highest BCUT2D eigenvalue weighted by atomic mass is 16.6. The summed E-state index contributed by atoms with van der Waals surface area (Å²) in [6.45, 7) is 6.19. The van der Waals surface area contributed by atoms with Crippen molar-refractivity contribution in [3.63, 3.8) is 0 Å². The van der Waals surface area contributed by atoms with Gasteiger partial charge in [-0.25, -0.2) is 4.79 Å². The normalized spacial score (nSPS) is 29.5. The van der Waals surface area contributed by atoms with Gasteiger partial charge in [0.1, 0.15) is 5.60 Å². The van der Waals surface area contributed by atoms with Gasteiger partial charge < -0.3 is 9.72 Å². The summed E-state index contributed by atoms with van der Waals surface area (Å²) in [7, 11) is 0. The molecule has 1 spiro atoms. The summed E-state index contributed by atoms with van der Waals surface area (Å²) in [5.74, 6) is 0.343. The van der Waals surface area contributed by atoms with Crippen LogP contribution in [0.2, 0.25) is 0 Å². The summed E-state index contributed by atoms with van der Waals surface area (Å²) in [4.78, 5) is 29.3. The molecular formula is C16H18N2O3. The number of amides is 1. The van der Waals surface area contributed by atoms with E-state index in [0.29, 0.717) is 18.2 Å². The van der Waals surface area contributed by atoms with E-state index >= 15 is 0 Å². The molecule has 0 aromatic carbocycles. The molecule has 2 fully saturated rings. The van der Waals surface area contributed by atoms with Gasteiger partial charge in [0, 0.05) is 29.9 Å². The van der Waals surface area contributed by atoms with Gasteiger partial charge in [-0.3, -0.25) is 9.69 Å². The van der Waals surface area contributed by atoms with E-state index in [1.807, 2.05) is 26.8 Å². The summed E-state index contributed by atoms with van der Waals surface area (Å²) >= 11 is 0. The molecular weight excluding hydrogens is 268 g/mol. The number of nitrogens with one attached hydrogen (secondary N) is 1. The van der Waals surface area contributed by atoms with E-state index in [1.54, 1.807) is 17.2 Å². The first-order valence-electron chi connectivity index (χ1n) is 7.28. The van der Waals surface area contributed by atoms with Crippen molar-refractivity contribution in [3.05, 3.63) is 35.3 Å². The first kappa shape index (κ1) is 12.7. The molecule has 1 amide bonds. The number of ether oxygens (including phenoxy) is 1. The lowest BCUT2D eigenvalue weighted by Crippen LogP contribution is -2.37. The maximum Gasteiger partial charge on any atom is 0.414 e. The fraction of sp³-hybridized carbons (Fsp3) is 0.500. The van der Waals surface area contributed by atoms with Gasteiger partial charge in [-0.05, 0) is 44.7 Å². The predicted molar refractivity (Wildman–Crippen MR) is 75.9 cm³/mol. The van der Waals surface area contributed by atoms with Crippen molar-refractivity contribution in [2.45, 2.75) is 38.2 Å². The van der Waals surface area contributed by atoms with Crippen LogP contribution in [0.1, 0.15) is 43.2 Å². The van der Waals surface area contributed by atoms with Crippen LogP contribution in [0.15, 0.2) is 24.0 Å². The van der Waals surface area contributed by atoms with Crippen LogP contribution in [0.3, 0.4) is 0 Å². The molecule has 0 unspecified atom stereocenters. The van der Waals surface area contributed by atoms with Crippen LogP contribution < -0.4 is 0 Å². The van der Waals surface area contributed by atoms with Crippen molar-refractivity contribution in [1.29, 1.82) is 0 Å². The lowest BCUT2D eigenvalue weighted by molar-refractivity contribution is 0.0322. The highest BCUT2D eigenvalue weighted by Gasteiger charge is 2.68. The Kier molecular flexibility index (Phi) is 2.17. The van der Waals surface area contributed by atoms with Gasteiger partial charge in [0.25, 0.3) is 0 Å². The first-order chi connectivity index (χ1) is 9.83. The lowest BCUT2D eigenvalue weighted by Gasteiger charge is -2.30. The number of hydrogen-bond donors (Lipinski definition) is 1. The zero-order valence-electron chi connectivity index (χ0n) is 12.4. The van der Waals surface area contributed by atoms with Crippen molar-refractivity contribution in [3.8, 4) is 0 Å². The maximum atomic E-state index is 12.4. The number of fused-ring (bicyclic) bond motifs is 1. The Morgan fingerprint density at radius 1 is 1.48 bits per heavy atom. The number of piperidine rings is 1. The maximum absolute atomic E-state index is 12.4. The molecule has 0 radical (unpaired) electrons. The molecule has 4 rings (SSSR count). The Morgan fingerprint density at radius 3 is 2.95 bits per heavy atom. The largest absolute Gasteiger partial charge is 0.443 e. The third-order valence-electron chi connectivity index (χ3n) is 4.61. The minimum Gasteiger partial charge on any atom is -0.443 e. The van der Waals surface area contributed by atoms with E-state index in [1.165, 1.54) is 0 Å². The molecule has 1 aliphatic heterocycles. The second kappa shape index (κ2) is 3.59. The highest BCUT2D eigenvalue weighted by Crippen LogP contribution is 2.66. The van der Waals surface area contributed by atoms with E-state index < -0.39 is 5.60 Å². The summed E-state index contributed by atoms with van der Waals surface area (Å²) in [5, 5.41) is 0. The number of carbonyl (C=O) groups is 2. The predicted octanol–water partition coefficient (Wildman–Crippen LogP) is 2.60. The lowest BCUT2D eigenvalue weighted by atomic mass is 9.85. The minimum atomic E-state index is -0.532. The number of carbonyl (C=O) groups excluding carboxylic acids is 2.